The van der Waals surface area contributed by atoms with Crippen molar-refractivity contribution in [2.45, 2.75) is 12.5 Å². The van der Waals surface area contributed by atoms with Crippen molar-refractivity contribution in [2.24, 2.45) is 0 Å². The van der Waals surface area contributed by atoms with Crippen molar-refractivity contribution in [3.8, 4) is 0 Å². The molecule has 0 amide bonds. The summed E-state index contributed by atoms with van der Waals surface area (Å²) in [6.45, 7) is 1.37. The molecule has 0 aromatic heterocycles. The molecule has 0 aliphatic heterocycles. The van der Waals surface area contributed by atoms with Crippen molar-refractivity contribution in [3.63, 3.8) is 0 Å². The fourth-order valence-electron chi connectivity index (χ4n) is 1.80. The standard InChI is InChI=1S/C16H14O4/c1-16(15(18)19,13-10-6-3-7-11-13)20-14(17)12-8-4-2-5-9-12/h2-11H,1H3,(H,18,19)/t16-/m0/s1. The third-order valence-electron chi connectivity index (χ3n) is 3.04. The van der Waals surface area contributed by atoms with Gasteiger partial charge >= 0.3 is 11.9 Å². The van der Waals surface area contributed by atoms with Crippen LogP contribution in [0, 0.1) is 0 Å². The van der Waals surface area contributed by atoms with Crippen LogP contribution in [0.4, 0.5) is 0 Å². The Morgan fingerprint density at radius 2 is 1.45 bits per heavy atom. The van der Waals surface area contributed by atoms with E-state index in [0.717, 1.165) is 0 Å². The maximum Gasteiger partial charge on any atom is 0.352 e. The number of benzene rings is 2. The Bertz CT molecular complexity index is 607. The zero-order valence-electron chi connectivity index (χ0n) is 10.9. The van der Waals surface area contributed by atoms with Gasteiger partial charge in [-0.25, -0.2) is 9.59 Å². The molecule has 0 aliphatic rings. The van der Waals surface area contributed by atoms with Gasteiger partial charge in [-0.1, -0.05) is 48.5 Å². The number of hydrogen-bond donors (Lipinski definition) is 1. The lowest BCUT2D eigenvalue weighted by molar-refractivity contribution is -0.158. The summed E-state index contributed by atoms with van der Waals surface area (Å²) in [7, 11) is 0. The van der Waals surface area contributed by atoms with E-state index >= 15 is 0 Å². The van der Waals surface area contributed by atoms with Crippen LogP contribution in [0.5, 0.6) is 0 Å². The fraction of sp³-hybridized carbons (Fsp3) is 0.125. The Kier molecular flexibility index (Phi) is 3.84. The van der Waals surface area contributed by atoms with Crippen molar-refractivity contribution in [2.75, 3.05) is 0 Å². The Hall–Kier alpha value is -2.62. The quantitative estimate of drug-likeness (QED) is 0.868. The number of ether oxygens (including phenoxy) is 1. The van der Waals surface area contributed by atoms with Gasteiger partial charge in [-0.2, -0.15) is 0 Å². The summed E-state index contributed by atoms with van der Waals surface area (Å²) in [6.07, 6.45) is 0. The van der Waals surface area contributed by atoms with Gasteiger partial charge in [0.1, 0.15) is 0 Å². The molecule has 0 aliphatic carbocycles. The maximum atomic E-state index is 12.1. The third kappa shape index (κ3) is 2.69. The van der Waals surface area contributed by atoms with E-state index in [1.165, 1.54) is 6.92 Å². The van der Waals surface area contributed by atoms with Gasteiger partial charge in [-0.3, -0.25) is 0 Å². The van der Waals surface area contributed by atoms with Gasteiger partial charge in [0.05, 0.1) is 5.56 Å². The molecule has 4 heteroatoms. The Labute approximate surface area is 116 Å². The van der Waals surface area contributed by atoms with E-state index in [1.54, 1.807) is 60.7 Å². The van der Waals surface area contributed by atoms with Crippen LogP contribution in [0.2, 0.25) is 0 Å². The van der Waals surface area contributed by atoms with Crippen molar-refractivity contribution < 1.29 is 19.4 Å². The molecule has 4 nitrogen and oxygen atoms in total. The molecule has 0 fully saturated rings. The molecule has 0 saturated carbocycles. The van der Waals surface area contributed by atoms with Crippen LogP contribution in [0.15, 0.2) is 60.7 Å². The first-order valence-corrected chi connectivity index (χ1v) is 6.11. The van der Waals surface area contributed by atoms with E-state index in [4.69, 9.17) is 4.74 Å². The van der Waals surface area contributed by atoms with E-state index in [9.17, 15) is 14.7 Å². The molecule has 0 unspecified atom stereocenters. The highest BCUT2D eigenvalue weighted by Gasteiger charge is 2.39. The third-order valence-corrected chi connectivity index (χ3v) is 3.04. The van der Waals surface area contributed by atoms with Gasteiger partial charge in [-0.15, -0.1) is 0 Å². The van der Waals surface area contributed by atoms with Gasteiger partial charge in [0, 0.05) is 5.56 Å². The minimum atomic E-state index is -1.71. The summed E-state index contributed by atoms with van der Waals surface area (Å²) in [5.41, 5.74) is -0.985. The number of rotatable bonds is 4. The first kappa shape index (κ1) is 13.8. The first-order valence-electron chi connectivity index (χ1n) is 6.11. The second-order valence-electron chi connectivity index (χ2n) is 4.46. The molecular weight excluding hydrogens is 256 g/mol. The lowest BCUT2D eigenvalue weighted by Gasteiger charge is -2.25. The Balaban J connectivity index is 2.32. The molecule has 102 valence electrons. The van der Waals surface area contributed by atoms with Gasteiger partial charge in [-0.05, 0) is 19.1 Å². The summed E-state index contributed by atoms with van der Waals surface area (Å²) in [5.74, 6) is -1.88. The minimum absolute atomic E-state index is 0.316. The van der Waals surface area contributed by atoms with Gasteiger partial charge in [0.25, 0.3) is 0 Å². The predicted molar refractivity (Wildman–Crippen MR) is 73.3 cm³/mol. The number of carboxylic acid groups (broad SMARTS) is 1. The molecular formula is C16H14O4. The predicted octanol–water partition coefficient (Wildman–Crippen LogP) is 2.84. The van der Waals surface area contributed by atoms with Crippen LogP contribution in [-0.2, 0) is 15.1 Å². The smallest absolute Gasteiger partial charge is 0.352 e. The Morgan fingerprint density at radius 1 is 0.950 bits per heavy atom. The minimum Gasteiger partial charge on any atom is -0.478 e. The highest BCUT2D eigenvalue weighted by molar-refractivity contribution is 5.92. The molecule has 0 saturated heterocycles. The summed E-state index contributed by atoms with van der Waals surface area (Å²) in [4.78, 5) is 23.6. The monoisotopic (exact) mass is 270 g/mol. The summed E-state index contributed by atoms with van der Waals surface area (Å²) < 4.78 is 5.23. The molecule has 2 rings (SSSR count). The van der Waals surface area contributed by atoms with E-state index in [0.29, 0.717) is 11.1 Å². The number of carbonyl (C=O) groups excluding carboxylic acids is 1. The van der Waals surface area contributed by atoms with Crippen LogP contribution >= 0.6 is 0 Å². The first-order chi connectivity index (χ1) is 9.54. The van der Waals surface area contributed by atoms with Crippen molar-refractivity contribution in [1.29, 1.82) is 0 Å². The van der Waals surface area contributed by atoms with Crippen LogP contribution in [0.1, 0.15) is 22.8 Å². The number of aliphatic carboxylic acids is 1. The summed E-state index contributed by atoms with van der Waals surface area (Å²) >= 11 is 0. The molecule has 1 N–H and O–H groups in total. The fourth-order valence-corrected chi connectivity index (χ4v) is 1.80. The molecule has 0 bridgehead atoms. The molecule has 0 spiro atoms. The summed E-state index contributed by atoms with van der Waals surface area (Å²) in [6, 6.07) is 16.7. The highest BCUT2D eigenvalue weighted by Crippen LogP contribution is 2.27. The number of carbonyl (C=O) groups is 2. The van der Waals surface area contributed by atoms with Gasteiger partial charge in [0.2, 0.25) is 5.60 Å². The number of carboxylic acids is 1. The van der Waals surface area contributed by atoms with E-state index < -0.39 is 17.5 Å². The lowest BCUT2D eigenvalue weighted by atomic mass is 9.96. The van der Waals surface area contributed by atoms with Crippen molar-refractivity contribution in [3.05, 3.63) is 71.8 Å². The SMILES string of the molecule is C[C@@](OC(=O)c1ccccc1)(C(=O)O)c1ccccc1. The second kappa shape index (κ2) is 5.57. The molecule has 1 atom stereocenters. The van der Waals surface area contributed by atoms with Crippen LogP contribution in [-0.4, -0.2) is 17.0 Å². The topological polar surface area (TPSA) is 63.6 Å². The second-order valence-corrected chi connectivity index (χ2v) is 4.46. The largest absolute Gasteiger partial charge is 0.478 e. The lowest BCUT2D eigenvalue weighted by Crippen LogP contribution is -2.37. The maximum absolute atomic E-state index is 12.1. The molecule has 2 aromatic carbocycles. The van der Waals surface area contributed by atoms with Gasteiger partial charge in [0.15, 0.2) is 0 Å². The zero-order valence-corrected chi connectivity index (χ0v) is 10.9. The Morgan fingerprint density at radius 3 is 1.95 bits per heavy atom. The molecule has 2 aromatic rings. The van der Waals surface area contributed by atoms with E-state index in [-0.39, 0.29) is 0 Å². The summed E-state index contributed by atoms with van der Waals surface area (Å²) in [5, 5.41) is 9.40. The van der Waals surface area contributed by atoms with Crippen LogP contribution in [0.3, 0.4) is 0 Å². The zero-order chi connectivity index (χ0) is 14.6. The van der Waals surface area contributed by atoms with Crippen LogP contribution < -0.4 is 0 Å². The van der Waals surface area contributed by atoms with Gasteiger partial charge < -0.3 is 9.84 Å². The van der Waals surface area contributed by atoms with E-state index in [2.05, 4.69) is 0 Å². The average molecular weight is 270 g/mol. The van der Waals surface area contributed by atoms with Crippen LogP contribution in [0.25, 0.3) is 0 Å². The number of hydrogen-bond acceptors (Lipinski definition) is 3. The average Bonchev–Trinajstić information content (AvgIpc) is 2.48. The number of esters is 1. The molecule has 20 heavy (non-hydrogen) atoms. The molecule has 0 radical (unpaired) electrons. The van der Waals surface area contributed by atoms with E-state index in [1.807, 2.05) is 0 Å². The highest BCUT2D eigenvalue weighted by atomic mass is 16.6. The molecule has 0 heterocycles. The van der Waals surface area contributed by atoms with Crippen molar-refractivity contribution in [1.82, 2.24) is 0 Å². The normalized spacial score (nSPS) is 13.2. The van der Waals surface area contributed by atoms with Crippen molar-refractivity contribution >= 4 is 11.9 Å².